The van der Waals surface area contributed by atoms with Gasteiger partial charge >= 0.3 is 0 Å². The number of fused-ring (bicyclic) bond motifs is 11. The highest BCUT2D eigenvalue weighted by Crippen LogP contribution is 2.44. The summed E-state index contributed by atoms with van der Waals surface area (Å²) in [6.45, 7) is 0. The second-order valence-electron chi connectivity index (χ2n) is 14.9. The maximum absolute atomic E-state index is 5.53. The molecular formula is C52H31N5. The molecule has 0 saturated carbocycles. The third-order valence-electron chi connectivity index (χ3n) is 12.0. The molecule has 5 heterocycles. The zero-order chi connectivity index (χ0) is 37.2. The molecular weight excluding hydrogens is 695 g/mol. The summed E-state index contributed by atoms with van der Waals surface area (Å²) >= 11 is 0. The number of nitrogens with zero attached hydrogens (tertiary/aromatic N) is 5. The molecule has 0 aliphatic rings. The fraction of sp³-hybridized carbons (Fsp3) is 0. The number of hydrogen-bond acceptors (Lipinski definition) is 2. The van der Waals surface area contributed by atoms with Crippen LogP contribution in [-0.4, -0.2) is 23.3 Å². The van der Waals surface area contributed by atoms with Crippen LogP contribution in [0.25, 0.3) is 116 Å². The minimum absolute atomic E-state index is 0.682. The van der Waals surface area contributed by atoms with Crippen LogP contribution < -0.4 is 0 Å². The van der Waals surface area contributed by atoms with Crippen molar-refractivity contribution in [1.29, 1.82) is 0 Å². The van der Waals surface area contributed by atoms with Crippen molar-refractivity contribution >= 4 is 76.5 Å². The highest BCUT2D eigenvalue weighted by Gasteiger charge is 2.24. The van der Waals surface area contributed by atoms with Crippen LogP contribution in [0.3, 0.4) is 0 Å². The minimum atomic E-state index is 0.682. The maximum Gasteiger partial charge on any atom is 0.162 e. The van der Waals surface area contributed by atoms with Crippen molar-refractivity contribution in [3.8, 4) is 39.6 Å². The lowest BCUT2D eigenvalue weighted by Gasteiger charge is -2.15. The molecule has 264 valence electrons. The third-order valence-corrected chi connectivity index (χ3v) is 12.0. The first kappa shape index (κ1) is 30.6. The average Bonchev–Trinajstić information content (AvgIpc) is 3.93. The fourth-order valence-corrected chi connectivity index (χ4v) is 9.68. The molecule has 0 saturated heterocycles. The number of rotatable bonds is 4. The summed E-state index contributed by atoms with van der Waals surface area (Å²) in [4.78, 5) is 10.9. The van der Waals surface area contributed by atoms with Gasteiger partial charge in [-0.15, -0.1) is 0 Å². The van der Waals surface area contributed by atoms with Gasteiger partial charge in [0.05, 0.1) is 61.2 Å². The van der Waals surface area contributed by atoms with Gasteiger partial charge in [0.2, 0.25) is 0 Å². The third kappa shape index (κ3) is 4.12. The number of hydrogen-bond donors (Lipinski definition) is 0. The Morgan fingerprint density at radius 3 is 1.58 bits per heavy atom. The fourth-order valence-electron chi connectivity index (χ4n) is 9.68. The van der Waals surface area contributed by atoms with E-state index in [1.807, 2.05) is 0 Å². The van der Waals surface area contributed by atoms with E-state index >= 15 is 0 Å². The Labute approximate surface area is 326 Å². The molecule has 0 fully saturated rings. The van der Waals surface area contributed by atoms with E-state index in [4.69, 9.17) is 9.97 Å². The van der Waals surface area contributed by atoms with Gasteiger partial charge in [0, 0.05) is 49.0 Å². The monoisotopic (exact) mass is 725 g/mol. The molecule has 5 heteroatoms. The van der Waals surface area contributed by atoms with Crippen molar-refractivity contribution in [2.75, 3.05) is 0 Å². The summed E-state index contributed by atoms with van der Waals surface area (Å²) in [6.07, 6.45) is 0. The van der Waals surface area contributed by atoms with Crippen LogP contribution in [0, 0.1) is 0 Å². The molecule has 0 bridgehead atoms. The highest BCUT2D eigenvalue weighted by molar-refractivity contribution is 6.24. The standard InChI is InChI=1S/C52H31N5/c1-2-15-32(16-3-1)40-31-41(54-52(53-40)38-20-7-11-27-45(38)55-42-24-8-4-17-33(42)34-18-5-9-25-43(34)55)37-22-13-28-46-49(37)39-23-14-30-48-51(39)57(46)47-29-12-21-36-35-19-6-10-26-44(35)56(48)50(36)47/h1-31H. The van der Waals surface area contributed by atoms with Gasteiger partial charge in [-0.2, -0.15) is 0 Å². The molecule has 0 N–H and O–H groups in total. The van der Waals surface area contributed by atoms with Crippen LogP contribution in [0.1, 0.15) is 0 Å². The molecule has 5 aromatic heterocycles. The van der Waals surface area contributed by atoms with Crippen molar-refractivity contribution < 1.29 is 0 Å². The van der Waals surface area contributed by atoms with Crippen LogP contribution in [-0.2, 0) is 0 Å². The first-order valence-electron chi connectivity index (χ1n) is 19.4. The van der Waals surface area contributed by atoms with E-state index in [2.05, 4.69) is 201 Å². The summed E-state index contributed by atoms with van der Waals surface area (Å²) in [5, 5.41) is 7.35. The zero-order valence-corrected chi connectivity index (χ0v) is 30.6. The van der Waals surface area contributed by atoms with E-state index in [0.29, 0.717) is 5.82 Å². The first-order valence-corrected chi connectivity index (χ1v) is 19.4. The van der Waals surface area contributed by atoms with Gasteiger partial charge in [0.1, 0.15) is 0 Å². The van der Waals surface area contributed by atoms with E-state index < -0.39 is 0 Å². The molecule has 5 nitrogen and oxygen atoms in total. The Hall–Kier alpha value is -7.76. The summed E-state index contributed by atoms with van der Waals surface area (Å²) in [7, 11) is 0. The van der Waals surface area contributed by atoms with Gasteiger partial charge in [-0.05, 0) is 54.6 Å². The van der Waals surface area contributed by atoms with Gasteiger partial charge in [-0.1, -0.05) is 133 Å². The first-order chi connectivity index (χ1) is 28.3. The Bertz CT molecular complexity index is 3700. The Balaban J connectivity index is 1.13. The van der Waals surface area contributed by atoms with Gasteiger partial charge in [-0.25, -0.2) is 9.97 Å². The predicted octanol–water partition coefficient (Wildman–Crippen LogP) is 13.1. The normalized spacial score (nSPS) is 12.2. The Kier molecular flexibility index (Phi) is 6.10. The smallest absolute Gasteiger partial charge is 0.162 e. The minimum Gasteiger partial charge on any atom is -0.309 e. The van der Waals surface area contributed by atoms with Gasteiger partial charge in [0.25, 0.3) is 0 Å². The molecule has 57 heavy (non-hydrogen) atoms. The van der Waals surface area contributed by atoms with Crippen LogP contribution in [0.2, 0.25) is 0 Å². The number of para-hydroxylation sites is 6. The van der Waals surface area contributed by atoms with Crippen molar-refractivity contribution in [3.63, 3.8) is 0 Å². The maximum atomic E-state index is 5.53. The molecule has 0 unspecified atom stereocenters. The Morgan fingerprint density at radius 1 is 0.333 bits per heavy atom. The SMILES string of the molecule is c1ccc(-c2cc(-c3cccc4c3c3cccc5c3n4c3cccc4c6ccccc6n5c43)nc(-c3ccccc3-n3c4ccccc4c4ccccc43)n2)cc1. The van der Waals surface area contributed by atoms with Crippen molar-refractivity contribution in [1.82, 2.24) is 23.3 Å². The predicted molar refractivity (Wildman–Crippen MR) is 236 cm³/mol. The van der Waals surface area contributed by atoms with Crippen LogP contribution in [0.5, 0.6) is 0 Å². The lowest BCUT2D eigenvalue weighted by Crippen LogP contribution is -2.01. The van der Waals surface area contributed by atoms with Crippen LogP contribution in [0.15, 0.2) is 188 Å². The van der Waals surface area contributed by atoms with Crippen LogP contribution >= 0.6 is 0 Å². The summed E-state index contributed by atoms with van der Waals surface area (Å²) in [6, 6.07) is 67.4. The lowest BCUT2D eigenvalue weighted by molar-refractivity contribution is 1.14. The van der Waals surface area contributed by atoms with E-state index in [9.17, 15) is 0 Å². The number of aromatic nitrogens is 5. The second kappa shape index (κ2) is 11.4. The molecule has 0 spiro atoms. The molecule has 0 aliphatic heterocycles. The molecule has 0 aliphatic carbocycles. The summed E-state index contributed by atoms with van der Waals surface area (Å²) in [5.41, 5.74) is 15.4. The average molecular weight is 726 g/mol. The van der Waals surface area contributed by atoms with Crippen molar-refractivity contribution in [2.24, 2.45) is 0 Å². The molecule has 13 rings (SSSR count). The largest absolute Gasteiger partial charge is 0.309 e. The van der Waals surface area contributed by atoms with E-state index in [-0.39, 0.29) is 0 Å². The molecule has 0 amide bonds. The van der Waals surface area contributed by atoms with Crippen molar-refractivity contribution in [3.05, 3.63) is 188 Å². The molecule has 8 aromatic carbocycles. The Morgan fingerprint density at radius 2 is 0.825 bits per heavy atom. The van der Waals surface area contributed by atoms with E-state index in [0.717, 1.165) is 50.3 Å². The quantitative estimate of drug-likeness (QED) is 0.170. The molecule has 0 atom stereocenters. The van der Waals surface area contributed by atoms with Crippen molar-refractivity contribution in [2.45, 2.75) is 0 Å². The topological polar surface area (TPSA) is 39.5 Å². The van der Waals surface area contributed by atoms with Crippen LogP contribution in [0.4, 0.5) is 0 Å². The van der Waals surface area contributed by atoms with E-state index in [1.54, 1.807) is 0 Å². The van der Waals surface area contributed by atoms with Gasteiger partial charge < -0.3 is 13.4 Å². The molecule has 0 radical (unpaired) electrons. The van der Waals surface area contributed by atoms with Gasteiger partial charge in [0.15, 0.2) is 5.82 Å². The highest BCUT2D eigenvalue weighted by atomic mass is 15.0. The lowest BCUT2D eigenvalue weighted by atomic mass is 10.0. The molecule has 13 aromatic rings. The second-order valence-corrected chi connectivity index (χ2v) is 14.9. The summed E-state index contributed by atoms with van der Waals surface area (Å²) < 4.78 is 7.30. The van der Waals surface area contributed by atoms with E-state index in [1.165, 1.54) is 59.9 Å². The zero-order valence-electron chi connectivity index (χ0n) is 30.6. The number of benzene rings is 8. The summed E-state index contributed by atoms with van der Waals surface area (Å²) in [5.74, 6) is 0.682. The van der Waals surface area contributed by atoms with Gasteiger partial charge in [-0.3, -0.25) is 0 Å².